The van der Waals surface area contributed by atoms with E-state index in [9.17, 15) is 9.59 Å². The average Bonchev–Trinajstić information content (AvgIpc) is 3.26. The average molecular weight is 459 g/mol. The van der Waals surface area contributed by atoms with E-state index in [1.54, 1.807) is 12.1 Å². The van der Waals surface area contributed by atoms with Crippen LogP contribution in [0.4, 0.5) is 0 Å². The number of carbonyl (C=O) groups is 2. The number of ether oxygens (including phenoxy) is 3. The molecular formula is C24H27ClN2O5. The molecule has 2 atom stereocenters. The molecule has 1 N–H and O–H groups in total. The molecule has 1 amide bonds. The summed E-state index contributed by atoms with van der Waals surface area (Å²) in [6.07, 6.45) is 0.464. The minimum Gasteiger partial charge on any atom is -0.486 e. The first-order valence-corrected chi connectivity index (χ1v) is 11.1. The predicted octanol–water partition coefficient (Wildman–Crippen LogP) is 2.93. The Morgan fingerprint density at radius 1 is 1.22 bits per heavy atom. The van der Waals surface area contributed by atoms with Crippen LogP contribution in [0.15, 0.2) is 36.4 Å². The summed E-state index contributed by atoms with van der Waals surface area (Å²) in [5.74, 6) is 0.252. The SMILES string of the molecule is COC(=O)c1cccc(-c2cc(Cl)c3c(c2)C[C@H](CNC(=O)[C@H](C)N2CCOCC2)O3)c1. The summed E-state index contributed by atoms with van der Waals surface area (Å²) in [6.45, 7) is 5.15. The molecule has 8 heteroatoms. The van der Waals surface area contributed by atoms with Gasteiger partial charge in [-0.1, -0.05) is 23.7 Å². The van der Waals surface area contributed by atoms with Gasteiger partial charge in [0.05, 0.1) is 43.5 Å². The predicted molar refractivity (Wildman–Crippen MR) is 121 cm³/mol. The van der Waals surface area contributed by atoms with Crippen molar-refractivity contribution in [3.05, 3.63) is 52.5 Å². The third kappa shape index (κ3) is 4.90. The Labute approximate surface area is 192 Å². The molecule has 2 aromatic rings. The molecule has 0 unspecified atom stereocenters. The van der Waals surface area contributed by atoms with Gasteiger partial charge in [0.25, 0.3) is 0 Å². The zero-order valence-electron chi connectivity index (χ0n) is 18.2. The van der Waals surface area contributed by atoms with Crippen LogP contribution in [0.1, 0.15) is 22.8 Å². The number of fused-ring (bicyclic) bond motifs is 1. The summed E-state index contributed by atoms with van der Waals surface area (Å²) in [5.41, 5.74) is 3.23. The van der Waals surface area contributed by atoms with Crippen molar-refractivity contribution in [2.24, 2.45) is 0 Å². The van der Waals surface area contributed by atoms with Crippen molar-refractivity contribution < 1.29 is 23.8 Å². The van der Waals surface area contributed by atoms with Crippen molar-refractivity contribution in [2.45, 2.75) is 25.5 Å². The highest BCUT2D eigenvalue weighted by Gasteiger charge is 2.28. The van der Waals surface area contributed by atoms with E-state index in [2.05, 4.69) is 10.2 Å². The Morgan fingerprint density at radius 3 is 2.75 bits per heavy atom. The van der Waals surface area contributed by atoms with Gasteiger partial charge in [-0.15, -0.1) is 0 Å². The van der Waals surface area contributed by atoms with E-state index in [1.165, 1.54) is 7.11 Å². The summed E-state index contributed by atoms with van der Waals surface area (Å²) < 4.78 is 16.2. The molecule has 2 aromatic carbocycles. The summed E-state index contributed by atoms with van der Waals surface area (Å²) in [6, 6.07) is 10.9. The van der Waals surface area contributed by atoms with Gasteiger partial charge in [0.1, 0.15) is 11.9 Å². The van der Waals surface area contributed by atoms with Gasteiger partial charge < -0.3 is 19.5 Å². The fraction of sp³-hybridized carbons (Fsp3) is 0.417. The molecule has 2 heterocycles. The second-order valence-corrected chi connectivity index (χ2v) is 8.44. The largest absolute Gasteiger partial charge is 0.486 e. The lowest BCUT2D eigenvalue weighted by molar-refractivity contribution is -0.127. The first-order chi connectivity index (χ1) is 15.5. The zero-order chi connectivity index (χ0) is 22.7. The Balaban J connectivity index is 1.41. The van der Waals surface area contributed by atoms with Crippen LogP contribution >= 0.6 is 11.6 Å². The maximum absolute atomic E-state index is 12.6. The van der Waals surface area contributed by atoms with Crippen molar-refractivity contribution in [2.75, 3.05) is 40.0 Å². The normalized spacial score (nSPS) is 19.0. The monoisotopic (exact) mass is 458 g/mol. The number of amides is 1. The molecule has 1 fully saturated rings. The highest BCUT2D eigenvalue weighted by Crippen LogP contribution is 2.39. The standard InChI is InChI=1S/C24H27ClN2O5/c1-15(27-6-8-31-9-7-27)23(28)26-14-20-12-19-11-18(13-21(25)22(19)32-20)16-4-3-5-17(10-16)24(29)30-2/h3-5,10-11,13,15,20H,6-9,12,14H2,1-2H3,(H,26,28)/t15-,20+/m0/s1. The molecule has 0 radical (unpaired) electrons. The van der Waals surface area contributed by atoms with Crippen LogP contribution in [-0.2, 0) is 20.7 Å². The summed E-state index contributed by atoms with van der Waals surface area (Å²) in [4.78, 5) is 26.6. The number of esters is 1. The summed E-state index contributed by atoms with van der Waals surface area (Å²) in [5, 5.41) is 3.52. The lowest BCUT2D eigenvalue weighted by Gasteiger charge is -2.31. The van der Waals surface area contributed by atoms with Gasteiger partial charge >= 0.3 is 5.97 Å². The molecule has 32 heavy (non-hydrogen) atoms. The number of hydrogen-bond acceptors (Lipinski definition) is 6. The number of methoxy groups -OCH3 is 1. The van der Waals surface area contributed by atoms with Crippen LogP contribution in [0.25, 0.3) is 11.1 Å². The van der Waals surface area contributed by atoms with Gasteiger partial charge in [-0.05, 0) is 42.3 Å². The molecule has 0 bridgehead atoms. The van der Waals surface area contributed by atoms with Crippen LogP contribution in [0.2, 0.25) is 5.02 Å². The number of rotatable bonds is 6. The van der Waals surface area contributed by atoms with Gasteiger partial charge in [0, 0.05) is 25.1 Å². The maximum atomic E-state index is 12.6. The minimum absolute atomic E-state index is 0.0159. The fourth-order valence-electron chi connectivity index (χ4n) is 4.10. The van der Waals surface area contributed by atoms with Crippen LogP contribution in [0.3, 0.4) is 0 Å². The van der Waals surface area contributed by atoms with Gasteiger partial charge in [-0.2, -0.15) is 0 Å². The molecular weight excluding hydrogens is 432 g/mol. The smallest absolute Gasteiger partial charge is 0.337 e. The molecule has 0 aliphatic carbocycles. The summed E-state index contributed by atoms with van der Waals surface area (Å²) >= 11 is 6.51. The lowest BCUT2D eigenvalue weighted by Crippen LogP contribution is -2.50. The third-order valence-electron chi connectivity index (χ3n) is 5.95. The van der Waals surface area contributed by atoms with E-state index < -0.39 is 0 Å². The molecule has 0 aromatic heterocycles. The summed E-state index contributed by atoms with van der Waals surface area (Å²) in [7, 11) is 1.36. The number of nitrogens with zero attached hydrogens (tertiary/aromatic N) is 1. The Kier molecular flexibility index (Phi) is 6.98. The van der Waals surface area contributed by atoms with Crippen LogP contribution in [-0.4, -0.2) is 68.9 Å². The highest BCUT2D eigenvalue weighted by atomic mass is 35.5. The van der Waals surface area contributed by atoms with E-state index in [0.717, 1.165) is 29.8 Å². The van der Waals surface area contributed by atoms with E-state index in [4.69, 9.17) is 25.8 Å². The topological polar surface area (TPSA) is 77.1 Å². The number of carbonyl (C=O) groups excluding carboxylic acids is 2. The van der Waals surface area contributed by atoms with E-state index in [0.29, 0.717) is 42.5 Å². The van der Waals surface area contributed by atoms with Crippen molar-refractivity contribution in [3.8, 4) is 16.9 Å². The molecule has 7 nitrogen and oxygen atoms in total. The highest BCUT2D eigenvalue weighted by molar-refractivity contribution is 6.32. The van der Waals surface area contributed by atoms with E-state index >= 15 is 0 Å². The molecule has 2 aliphatic heterocycles. The lowest BCUT2D eigenvalue weighted by atomic mass is 9.99. The fourth-order valence-corrected chi connectivity index (χ4v) is 4.39. The molecule has 2 aliphatic rings. The van der Waals surface area contributed by atoms with Gasteiger partial charge in [0.15, 0.2) is 0 Å². The molecule has 1 saturated heterocycles. The Morgan fingerprint density at radius 2 is 2.00 bits per heavy atom. The van der Waals surface area contributed by atoms with E-state index in [1.807, 2.05) is 31.2 Å². The zero-order valence-corrected chi connectivity index (χ0v) is 19.0. The van der Waals surface area contributed by atoms with Crippen molar-refractivity contribution >= 4 is 23.5 Å². The molecule has 0 saturated carbocycles. The Hall–Kier alpha value is -2.61. The first-order valence-electron chi connectivity index (χ1n) is 10.7. The number of nitrogens with one attached hydrogen (secondary N) is 1. The Bertz CT molecular complexity index is 1010. The van der Waals surface area contributed by atoms with E-state index in [-0.39, 0.29) is 24.0 Å². The van der Waals surface area contributed by atoms with Crippen LogP contribution < -0.4 is 10.1 Å². The number of morpholine rings is 1. The molecule has 0 spiro atoms. The van der Waals surface area contributed by atoms with Crippen LogP contribution in [0.5, 0.6) is 5.75 Å². The van der Waals surface area contributed by atoms with Gasteiger partial charge in [-0.3, -0.25) is 9.69 Å². The molecule has 170 valence electrons. The van der Waals surface area contributed by atoms with Crippen LogP contribution in [0, 0.1) is 0 Å². The number of halogens is 1. The van der Waals surface area contributed by atoms with Crippen molar-refractivity contribution in [3.63, 3.8) is 0 Å². The second kappa shape index (κ2) is 9.90. The molecule has 4 rings (SSSR count). The van der Waals surface area contributed by atoms with Gasteiger partial charge in [-0.25, -0.2) is 4.79 Å². The quantitative estimate of drug-likeness (QED) is 0.671. The maximum Gasteiger partial charge on any atom is 0.337 e. The minimum atomic E-state index is -0.385. The first kappa shape index (κ1) is 22.6. The third-order valence-corrected chi connectivity index (χ3v) is 6.23. The van der Waals surface area contributed by atoms with Gasteiger partial charge in [0.2, 0.25) is 5.91 Å². The number of benzene rings is 2. The number of hydrogen-bond donors (Lipinski definition) is 1. The van der Waals surface area contributed by atoms with Crippen molar-refractivity contribution in [1.29, 1.82) is 0 Å². The second-order valence-electron chi connectivity index (χ2n) is 8.03. The van der Waals surface area contributed by atoms with Crippen molar-refractivity contribution in [1.82, 2.24) is 10.2 Å².